The largest absolute Gasteiger partial charge is 0.0528 e. The topological polar surface area (TPSA) is 0 Å². The minimum Gasteiger partial charge on any atom is -0.0528 e. The van der Waals surface area contributed by atoms with Crippen LogP contribution in [0.1, 0.15) is 57.8 Å². The minimum atomic E-state index is 1.16. The van der Waals surface area contributed by atoms with E-state index in [1.54, 1.807) is 51.4 Å². The van der Waals surface area contributed by atoms with E-state index in [4.69, 9.17) is 0 Å². The van der Waals surface area contributed by atoms with Gasteiger partial charge in [0.25, 0.3) is 0 Å². The van der Waals surface area contributed by atoms with Crippen LogP contribution in [-0.4, -0.2) is 0 Å². The standard InChI is InChI=1S/C13H22/c1-3-10(4-1)9-13(12-7-8-12)11-5-2-6-11/h10-13H,1-9H2. The lowest BCUT2D eigenvalue weighted by atomic mass is 9.67. The highest BCUT2D eigenvalue weighted by Gasteiger charge is 2.40. The molecule has 0 heterocycles. The van der Waals surface area contributed by atoms with E-state index in [9.17, 15) is 0 Å². The first kappa shape index (κ1) is 8.32. The first-order chi connectivity index (χ1) is 6.43. The average Bonchev–Trinajstić information content (AvgIpc) is 2.71. The van der Waals surface area contributed by atoms with Crippen molar-refractivity contribution in [1.29, 1.82) is 0 Å². The summed E-state index contributed by atoms with van der Waals surface area (Å²) in [7, 11) is 0. The van der Waals surface area contributed by atoms with Gasteiger partial charge in [-0.2, -0.15) is 0 Å². The zero-order valence-corrected chi connectivity index (χ0v) is 8.67. The fraction of sp³-hybridized carbons (Fsp3) is 1.00. The third-order valence-corrected chi connectivity index (χ3v) is 4.81. The maximum absolute atomic E-state index is 1.62. The van der Waals surface area contributed by atoms with Crippen molar-refractivity contribution in [1.82, 2.24) is 0 Å². The molecule has 3 aliphatic rings. The van der Waals surface area contributed by atoms with Gasteiger partial charge in [-0.05, 0) is 42.9 Å². The lowest BCUT2D eigenvalue weighted by molar-refractivity contribution is 0.128. The summed E-state index contributed by atoms with van der Waals surface area (Å²) < 4.78 is 0. The molecular formula is C13H22. The van der Waals surface area contributed by atoms with Crippen molar-refractivity contribution >= 4 is 0 Å². The van der Waals surface area contributed by atoms with E-state index in [-0.39, 0.29) is 0 Å². The van der Waals surface area contributed by atoms with Crippen molar-refractivity contribution in [3.05, 3.63) is 0 Å². The van der Waals surface area contributed by atoms with Gasteiger partial charge < -0.3 is 0 Å². The van der Waals surface area contributed by atoms with Crippen molar-refractivity contribution in [2.75, 3.05) is 0 Å². The SMILES string of the molecule is C1CC(CC(C2CCC2)C2CC2)C1. The molecule has 0 amide bonds. The summed E-state index contributed by atoms with van der Waals surface area (Å²) in [4.78, 5) is 0. The molecule has 1 unspecified atom stereocenters. The molecule has 0 saturated heterocycles. The van der Waals surface area contributed by atoms with Gasteiger partial charge in [0.2, 0.25) is 0 Å². The molecule has 0 nitrogen and oxygen atoms in total. The zero-order valence-electron chi connectivity index (χ0n) is 8.67. The summed E-state index contributed by atoms with van der Waals surface area (Å²) in [6, 6.07) is 0. The van der Waals surface area contributed by atoms with Crippen LogP contribution in [0, 0.1) is 23.7 Å². The third-order valence-electron chi connectivity index (χ3n) is 4.81. The normalized spacial score (nSPS) is 32.3. The summed E-state index contributed by atoms with van der Waals surface area (Å²) >= 11 is 0. The molecule has 3 saturated carbocycles. The van der Waals surface area contributed by atoms with Gasteiger partial charge in [-0.15, -0.1) is 0 Å². The Bertz CT molecular complexity index is 172. The van der Waals surface area contributed by atoms with Crippen LogP contribution in [0.4, 0.5) is 0 Å². The zero-order chi connectivity index (χ0) is 8.67. The molecule has 3 rings (SSSR count). The molecule has 0 aromatic carbocycles. The van der Waals surface area contributed by atoms with E-state index in [0.717, 1.165) is 5.92 Å². The summed E-state index contributed by atoms with van der Waals surface area (Å²) in [5.41, 5.74) is 0. The van der Waals surface area contributed by atoms with Crippen molar-refractivity contribution in [2.45, 2.75) is 57.8 Å². The summed E-state index contributed by atoms with van der Waals surface area (Å²) in [5, 5.41) is 0. The molecule has 3 aliphatic carbocycles. The molecule has 0 aromatic heterocycles. The van der Waals surface area contributed by atoms with Gasteiger partial charge in [-0.3, -0.25) is 0 Å². The average molecular weight is 178 g/mol. The van der Waals surface area contributed by atoms with E-state index < -0.39 is 0 Å². The summed E-state index contributed by atoms with van der Waals surface area (Å²) in [5.74, 6) is 4.70. The lowest BCUT2D eigenvalue weighted by Crippen LogP contribution is -2.27. The highest BCUT2D eigenvalue weighted by Crippen LogP contribution is 2.51. The minimum absolute atomic E-state index is 1.16. The van der Waals surface area contributed by atoms with Crippen molar-refractivity contribution in [3.8, 4) is 0 Å². The molecule has 0 bridgehead atoms. The Morgan fingerprint density at radius 3 is 1.77 bits per heavy atom. The first-order valence-corrected chi connectivity index (χ1v) is 6.43. The predicted octanol–water partition coefficient (Wildman–Crippen LogP) is 4.00. The van der Waals surface area contributed by atoms with Gasteiger partial charge in [0.15, 0.2) is 0 Å². The van der Waals surface area contributed by atoms with Crippen LogP contribution in [-0.2, 0) is 0 Å². The van der Waals surface area contributed by atoms with Crippen LogP contribution in [0.3, 0.4) is 0 Å². The summed E-state index contributed by atoms with van der Waals surface area (Å²) in [6.45, 7) is 0. The maximum atomic E-state index is 1.62. The highest BCUT2D eigenvalue weighted by molar-refractivity contribution is 4.91. The Hall–Kier alpha value is 0. The van der Waals surface area contributed by atoms with Crippen LogP contribution in [0.25, 0.3) is 0 Å². The van der Waals surface area contributed by atoms with Gasteiger partial charge >= 0.3 is 0 Å². The van der Waals surface area contributed by atoms with Gasteiger partial charge in [-0.25, -0.2) is 0 Å². The second kappa shape index (κ2) is 3.29. The molecule has 0 aliphatic heterocycles. The van der Waals surface area contributed by atoms with E-state index in [0.29, 0.717) is 0 Å². The van der Waals surface area contributed by atoms with Gasteiger partial charge in [-0.1, -0.05) is 38.5 Å². The first-order valence-electron chi connectivity index (χ1n) is 6.43. The fourth-order valence-electron chi connectivity index (χ4n) is 3.28. The predicted molar refractivity (Wildman–Crippen MR) is 55.5 cm³/mol. The van der Waals surface area contributed by atoms with Crippen molar-refractivity contribution < 1.29 is 0 Å². The van der Waals surface area contributed by atoms with Crippen LogP contribution < -0.4 is 0 Å². The van der Waals surface area contributed by atoms with Crippen LogP contribution >= 0.6 is 0 Å². The van der Waals surface area contributed by atoms with Crippen LogP contribution in [0.15, 0.2) is 0 Å². The second-order valence-electron chi connectivity index (χ2n) is 5.72. The molecule has 0 aromatic rings. The molecule has 0 radical (unpaired) electrons. The Balaban J connectivity index is 1.54. The number of hydrogen-bond donors (Lipinski definition) is 0. The molecule has 0 spiro atoms. The number of rotatable bonds is 4. The van der Waals surface area contributed by atoms with Crippen LogP contribution in [0.5, 0.6) is 0 Å². The molecule has 74 valence electrons. The quantitative estimate of drug-likeness (QED) is 0.610. The van der Waals surface area contributed by atoms with Crippen LogP contribution in [0.2, 0.25) is 0 Å². The number of hydrogen-bond acceptors (Lipinski definition) is 0. The maximum Gasteiger partial charge on any atom is -0.0355 e. The van der Waals surface area contributed by atoms with Gasteiger partial charge in [0.05, 0.1) is 0 Å². The van der Waals surface area contributed by atoms with E-state index in [2.05, 4.69) is 0 Å². The monoisotopic (exact) mass is 178 g/mol. The smallest absolute Gasteiger partial charge is 0.0355 e. The van der Waals surface area contributed by atoms with Gasteiger partial charge in [0.1, 0.15) is 0 Å². The van der Waals surface area contributed by atoms with Gasteiger partial charge in [0, 0.05) is 0 Å². The summed E-state index contributed by atoms with van der Waals surface area (Å²) in [6.07, 6.45) is 14.1. The Morgan fingerprint density at radius 2 is 1.38 bits per heavy atom. The Morgan fingerprint density at radius 1 is 0.769 bits per heavy atom. The molecule has 13 heavy (non-hydrogen) atoms. The third kappa shape index (κ3) is 1.65. The fourth-order valence-corrected chi connectivity index (χ4v) is 3.28. The second-order valence-corrected chi connectivity index (χ2v) is 5.72. The molecule has 3 fully saturated rings. The van der Waals surface area contributed by atoms with Crippen molar-refractivity contribution in [2.24, 2.45) is 23.7 Å². The van der Waals surface area contributed by atoms with E-state index in [1.807, 2.05) is 0 Å². The van der Waals surface area contributed by atoms with E-state index in [1.165, 1.54) is 24.2 Å². The molecule has 0 N–H and O–H groups in total. The molecule has 0 heteroatoms. The molecular weight excluding hydrogens is 156 g/mol. The Labute approximate surface area is 82.1 Å². The highest BCUT2D eigenvalue weighted by atomic mass is 14.5. The van der Waals surface area contributed by atoms with Crippen molar-refractivity contribution in [3.63, 3.8) is 0 Å². The molecule has 1 atom stereocenters. The Kier molecular flexibility index (Phi) is 2.11. The van der Waals surface area contributed by atoms with E-state index >= 15 is 0 Å². The lowest BCUT2D eigenvalue weighted by Gasteiger charge is -2.38.